The predicted octanol–water partition coefficient (Wildman–Crippen LogP) is 5.27. The fraction of sp³-hybridized carbons (Fsp3) is 0.952. The number of unbranched alkanes of at least 4 members (excludes halogenated alkanes) is 4. The second-order valence-electron chi connectivity index (χ2n) is 6.46. The van der Waals surface area contributed by atoms with Crippen molar-refractivity contribution in [2.24, 2.45) is 5.92 Å². The molecule has 0 bridgehead atoms. The molecule has 2 N–H and O–H groups in total. The Morgan fingerprint density at radius 3 is 2.24 bits per heavy atom. The van der Waals surface area contributed by atoms with E-state index < -0.39 is 0 Å². The van der Waals surface area contributed by atoms with Crippen molar-refractivity contribution in [1.29, 1.82) is 0 Å². The standard InChI is InChI=1S/C19H40N2O2.C2H6/c1-4-7-9-10-13-18(12-8-5-2)16-20-17-23-15-14-21-19(22)11-6-3;1-2/h18,20H,4-17H2,1-3H3,(H,21,22);1-2H3. The molecular formula is C21H46N2O2. The van der Waals surface area contributed by atoms with Crippen molar-refractivity contribution in [3.8, 4) is 0 Å². The first-order valence-electron chi connectivity index (χ1n) is 10.8. The van der Waals surface area contributed by atoms with E-state index in [1.54, 1.807) is 0 Å². The summed E-state index contributed by atoms with van der Waals surface area (Å²) in [5, 5.41) is 6.27. The van der Waals surface area contributed by atoms with Gasteiger partial charge in [-0.15, -0.1) is 0 Å². The molecule has 0 fully saturated rings. The molecule has 0 rings (SSSR count). The maximum Gasteiger partial charge on any atom is 0.220 e. The summed E-state index contributed by atoms with van der Waals surface area (Å²) in [6.07, 6.45) is 12.1. The van der Waals surface area contributed by atoms with Gasteiger partial charge in [-0.2, -0.15) is 0 Å². The molecule has 0 aliphatic rings. The van der Waals surface area contributed by atoms with Crippen LogP contribution in [0.3, 0.4) is 0 Å². The fourth-order valence-corrected chi connectivity index (χ4v) is 2.69. The molecule has 0 heterocycles. The maximum absolute atomic E-state index is 11.3. The van der Waals surface area contributed by atoms with Crippen LogP contribution < -0.4 is 10.6 Å². The highest BCUT2D eigenvalue weighted by Crippen LogP contribution is 2.16. The molecule has 0 aromatic carbocycles. The summed E-state index contributed by atoms with van der Waals surface area (Å²) >= 11 is 0. The summed E-state index contributed by atoms with van der Waals surface area (Å²) in [5.74, 6) is 0.899. The van der Waals surface area contributed by atoms with Gasteiger partial charge in [0.25, 0.3) is 0 Å². The number of carbonyl (C=O) groups excluding carboxylic acids is 1. The lowest BCUT2D eigenvalue weighted by atomic mass is 9.95. The van der Waals surface area contributed by atoms with E-state index in [9.17, 15) is 4.79 Å². The smallest absolute Gasteiger partial charge is 0.220 e. The first kappa shape index (κ1) is 26.6. The number of nitrogens with one attached hydrogen (secondary N) is 2. The van der Waals surface area contributed by atoms with Crippen LogP contribution in [0.2, 0.25) is 0 Å². The highest BCUT2D eigenvalue weighted by atomic mass is 16.5. The van der Waals surface area contributed by atoms with Gasteiger partial charge < -0.3 is 10.1 Å². The van der Waals surface area contributed by atoms with Gasteiger partial charge >= 0.3 is 0 Å². The molecule has 0 saturated heterocycles. The average molecular weight is 359 g/mol. The van der Waals surface area contributed by atoms with Crippen molar-refractivity contribution in [1.82, 2.24) is 10.6 Å². The number of carbonyl (C=O) groups is 1. The quantitative estimate of drug-likeness (QED) is 0.275. The van der Waals surface area contributed by atoms with Crippen molar-refractivity contribution < 1.29 is 9.53 Å². The van der Waals surface area contributed by atoms with Gasteiger partial charge in [-0.1, -0.05) is 73.1 Å². The molecule has 0 saturated carbocycles. The molecule has 25 heavy (non-hydrogen) atoms. The topological polar surface area (TPSA) is 50.4 Å². The third-order valence-corrected chi connectivity index (χ3v) is 4.11. The molecule has 0 radical (unpaired) electrons. The van der Waals surface area contributed by atoms with Gasteiger partial charge in [-0.3, -0.25) is 10.1 Å². The van der Waals surface area contributed by atoms with Gasteiger partial charge in [0, 0.05) is 19.5 Å². The maximum atomic E-state index is 11.3. The van der Waals surface area contributed by atoms with Crippen molar-refractivity contribution in [3.63, 3.8) is 0 Å². The normalized spacial score (nSPS) is 11.6. The van der Waals surface area contributed by atoms with Crippen LogP contribution in [0.1, 0.15) is 98.8 Å². The minimum Gasteiger partial charge on any atom is -0.364 e. The fourth-order valence-electron chi connectivity index (χ4n) is 2.69. The van der Waals surface area contributed by atoms with E-state index in [1.165, 1.54) is 51.4 Å². The summed E-state index contributed by atoms with van der Waals surface area (Å²) in [4.78, 5) is 11.3. The molecule has 1 amide bonds. The van der Waals surface area contributed by atoms with Crippen LogP contribution in [0.5, 0.6) is 0 Å². The molecule has 1 atom stereocenters. The third-order valence-electron chi connectivity index (χ3n) is 4.11. The van der Waals surface area contributed by atoms with Gasteiger partial charge in [0.1, 0.15) is 0 Å². The van der Waals surface area contributed by atoms with E-state index >= 15 is 0 Å². The first-order valence-corrected chi connectivity index (χ1v) is 10.8. The van der Waals surface area contributed by atoms with E-state index in [-0.39, 0.29) is 5.91 Å². The van der Waals surface area contributed by atoms with Crippen LogP contribution in [0, 0.1) is 5.92 Å². The summed E-state index contributed by atoms with van der Waals surface area (Å²) in [6, 6.07) is 0. The highest BCUT2D eigenvalue weighted by Gasteiger charge is 2.07. The molecule has 1 unspecified atom stereocenters. The zero-order chi connectivity index (χ0) is 19.2. The molecule has 0 aliphatic heterocycles. The number of ether oxygens (including phenoxy) is 1. The average Bonchev–Trinajstić information content (AvgIpc) is 2.63. The van der Waals surface area contributed by atoms with Crippen molar-refractivity contribution >= 4 is 5.91 Å². The molecule has 0 aromatic heterocycles. The largest absolute Gasteiger partial charge is 0.364 e. The van der Waals surface area contributed by atoms with E-state index in [0.717, 1.165) is 18.9 Å². The highest BCUT2D eigenvalue weighted by molar-refractivity contribution is 5.75. The zero-order valence-corrected chi connectivity index (χ0v) is 17.8. The van der Waals surface area contributed by atoms with Crippen molar-refractivity contribution in [3.05, 3.63) is 0 Å². The van der Waals surface area contributed by atoms with Crippen LogP contribution >= 0.6 is 0 Å². The van der Waals surface area contributed by atoms with Crippen molar-refractivity contribution in [2.75, 3.05) is 26.4 Å². The van der Waals surface area contributed by atoms with Crippen molar-refractivity contribution in [2.45, 2.75) is 98.8 Å². The first-order chi connectivity index (χ1) is 12.2. The molecule has 4 heteroatoms. The minimum atomic E-state index is 0.121. The summed E-state index contributed by atoms with van der Waals surface area (Å²) < 4.78 is 5.53. The predicted molar refractivity (Wildman–Crippen MR) is 110 cm³/mol. The van der Waals surface area contributed by atoms with Crippen LogP contribution in [-0.4, -0.2) is 32.3 Å². The number of hydrogen-bond donors (Lipinski definition) is 2. The Kier molecular flexibility index (Phi) is 24.9. The van der Waals surface area contributed by atoms with Crippen LogP contribution in [0.25, 0.3) is 0 Å². The Balaban J connectivity index is 0. The molecule has 0 spiro atoms. The lowest BCUT2D eigenvalue weighted by molar-refractivity contribution is -0.121. The van der Waals surface area contributed by atoms with Gasteiger partial charge in [0.05, 0.1) is 13.3 Å². The van der Waals surface area contributed by atoms with Gasteiger partial charge in [-0.25, -0.2) is 0 Å². The number of amides is 1. The molecule has 0 aromatic rings. The Morgan fingerprint density at radius 2 is 1.60 bits per heavy atom. The zero-order valence-electron chi connectivity index (χ0n) is 17.8. The Labute approximate surface area is 157 Å². The van der Waals surface area contributed by atoms with E-state index in [2.05, 4.69) is 24.5 Å². The Bertz CT molecular complexity index is 260. The second-order valence-corrected chi connectivity index (χ2v) is 6.46. The molecule has 4 nitrogen and oxygen atoms in total. The van der Waals surface area contributed by atoms with E-state index in [1.807, 2.05) is 20.8 Å². The summed E-state index contributed by atoms with van der Waals surface area (Å²) in [5.41, 5.74) is 0. The number of rotatable bonds is 17. The van der Waals surface area contributed by atoms with Crippen LogP contribution in [-0.2, 0) is 9.53 Å². The van der Waals surface area contributed by atoms with Crippen LogP contribution in [0.15, 0.2) is 0 Å². The van der Waals surface area contributed by atoms with Gasteiger partial charge in [0.15, 0.2) is 0 Å². The lowest BCUT2D eigenvalue weighted by Crippen LogP contribution is -2.30. The third kappa shape index (κ3) is 21.3. The molecule has 152 valence electrons. The summed E-state index contributed by atoms with van der Waals surface area (Å²) in [6.45, 7) is 13.4. The Hall–Kier alpha value is -0.610. The molecular weight excluding hydrogens is 312 g/mol. The van der Waals surface area contributed by atoms with Gasteiger partial charge in [-0.05, 0) is 25.2 Å². The van der Waals surface area contributed by atoms with E-state index in [0.29, 0.717) is 26.3 Å². The molecule has 0 aliphatic carbocycles. The monoisotopic (exact) mass is 358 g/mol. The minimum absolute atomic E-state index is 0.121. The number of hydrogen-bond acceptors (Lipinski definition) is 3. The van der Waals surface area contributed by atoms with Gasteiger partial charge in [0.2, 0.25) is 5.91 Å². The SMILES string of the molecule is CC.CCCCCCC(CCCC)CNCOCCNC(=O)CCC. The second kappa shape index (κ2) is 23.4. The lowest BCUT2D eigenvalue weighted by Gasteiger charge is -2.17. The van der Waals surface area contributed by atoms with E-state index in [4.69, 9.17) is 4.74 Å². The van der Waals surface area contributed by atoms with Crippen LogP contribution in [0.4, 0.5) is 0 Å². The summed E-state index contributed by atoms with van der Waals surface area (Å²) in [7, 11) is 0. The Morgan fingerprint density at radius 1 is 0.920 bits per heavy atom.